The maximum absolute atomic E-state index is 13.1. The molecule has 252 valence electrons. The minimum Gasteiger partial charge on any atom is -0.480 e. The molecule has 6 heterocycles. The Bertz CT molecular complexity index is 1780. The third kappa shape index (κ3) is 6.33. The zero-order valence-electron chi connectivity index (χ0n) is 25.5. The molecule has 3 aliphatic heterocycles. The van der Waals surface area contributed by atoms with Crippen molar-refractivity contribution < 1.29 is 29.6 Å². The number of ether oxygens (including phenoxy) is 1. The van der Waals surface area contributed by atoms with Crippen LogP contribution in [0, 0.1) is 0 Å². The van der Waals surface area contributed by atoms with Crippen LogP contribution in [0.15, 0.2) is 22.4 Å². The predicted octanol–water partition coefficient (Wildman–Crippen LogP) is -1.56. The highest BCUT2D eigenvalue weighted by Gasteiger charge is 2.45. The number of aliphatic hydroxyl groups excluding tert-OH is 2. The van der Waals surface area contributed by atoms with Crippen molar-refractivity contribution >= 4 is 63.8 Å². The number of aromatic nitrogens is 6. The second-order valence-electron chi connectivity index (χ2n) is 12.1. The van der Waals surface area contributed by atoms with Gasteiger partial charge in [0.25, 0.3) is 11.5 Å². The third-order valence-corrected chi connectivity index (χ3v) is 9.92. The van der Waals surface area contributed by atoms with Gasteiger partial charge in [-0.1, -0.05) is 0 Å². The lowest BCUT2D eigenvalue weighted by atomic mass is 9.95. The number of fused-ring (bicyclic) bond motifs is 2. The average molecular weight is 673 g/mol. The fourth-order valence-electron chi connectivity index (χ4n) is 6.05. The number of carbonyl (C=O) groups excluding carboxylic acids is 1. The van der Waals surface area contributed by atoms with Gasteiger partial charge in [-0.3, -0.25) is 28.8 Å². The van der Waals surface area contributed by atoms with E-state index >= 15 is 0 Å². The van der Waals surface area contributed by atoms with Crippen LogP contribution in [0.3, 0.4) is 0 Å². The molecule has 10 N–H and O–H groups in total. The molecule has 3 aliphatic rings. The van der Waals surface area contributed by atoms with Crippen molar-refractivity contribution in [2.45, 2.75) is 68.1 Å². The van der Waals surface area contributed by atoms with E-state index in [0.717, 1.165) is 0 Å². The van der Waals surface area contributed by atoms with Crippen LogP contribution in [0.5, 0.6) is 0 Å². The van der Waals surface area contributed by atoms with E-state index in [4.69, 9.17) is 16.2 Å². The number of aliphatic imine (C=N–C) groups is 1. The number of H-pyrrole nitrogens is 1. The van der Waals surface area contributed by atoms with Gasteiger partial charge in [0.15, 0.2) is 29.2 Å². The minimum atomic E-state index is -1.25. The quantitative estimate of drug-likeness (QED) is 0.127. The SMILES string of the molecule is CC1(C)Nc2nc(N)[nH]c(=O)c2N=C1C(=O)NCCN1CC[C@@H](SC[C@H]2O[C@@H](n3cnc4c(N)ncnc43)[C@H](O)[C@@H]2O)C[C@@H]1C(=O)O. The van der Waals surface area contributed by atoms with Crippen molar-refractivity contribution in [1.29, 1.82) is 0 Å². The topological polar surface area (TPSA) is 285 Å². The van der Waals surface area contributed by atoms with Crippen LogP contribution in [-0.4, -0.2) is 128 Å². The molecule has 0 bridgehead atoms. The molecule has 19 nitrogen and oxygen atoms in total. The number of carboxylic acid groups (broad SMARTS) is 1. The number of likely N-dealkylation sites (tertiary alicyclic amines) is 1. The number of nitrogen functional groups attached to an aromatic ring is 2. The van der Waals surface area contributed by atoms with Crippen LogP contribution in [0.4, 0.5) is 23.3 Å². The highest BCUT2D eigenvalue weighted by molar-refractivity contribution is 7.99. The summed E-state index contributed by atoms with van der Waals surface area (Å²) in [5, 5.41) is 37.3. The molecule has 2 fully saturated rings. The van der Waals surface area contributed by atoms with Gasteiger partial charge in [-0.05, 0) is 26.7 Å². The maximum Gasteiger partial charge on any atom is 0.320 e. The van der Waals surface area contributed by atoms with Crippen molar-refractivity contribution in [3.8, 4) is 0 Å². The Hall–Kier alpha value is -4.37. The molecule has 3 aromatic heterocycles. The number of thioether (sulfide) groups is 1. The molecule has 0 aliphatic carbocycles. The largest absolute Gasteiger partial charge is 0.480 e. The zero-order chi connectivity index (χ0) is 33.6. The van der Waals surface area contributed by atoms with Crippen LogP contribution in [0.25, 0.3) is 11.2 Å². The van der Waals surface area contributed by atoms with E-state index in [0.29, 0.717) is 36.3 Å². The highest BCUT2D eigenvalue weighted by Crippen LogP contribution is 2.36. The number of carboxylic acids is 1. The van der Waals surface area contributed by atoms with Crippen molar-refractivity contribution in [2.24, 2.45) is 4.99 Å². The van der Waals surface area contributed by atoms with Crippen molar-refractivity contribution in [3.63, 3.8) is 0 Å². The van der Waals surface area contributed by atoms with Gasteiger partial charge in [-0.25, -0.2) is 19.9 Å². The van der Waals surface area contributed by atoms with E-state index in [1.165, 1.54) is 29.0 Å². The van der Waals surface area contributed by atoms with E-state index in [2.05, 4.69) is 40.5 Å². The molecular formula is C27H36N12O7S. The fraction of sp³-hybridized carbons (Fsp3) is 0.556. The van der Waals surface area contributed by atoms with E-state index < -0.39 is 53.6 Å². The number of hydrogen-bond donors (Lipinski definition) is 8. The lowest BCUT2D eigenvalue weighted by Gasteiger charge is -2.37. The number of aromatic amines is 1. The number of hydrogen-bond acceptors (Lipinski definition) is 16. The second kappa shape index (κ2) is 12.7. The molecule has 20 heteroatoms. The zero-order valence-corrected chi connectivity index (χ0v) is 26.3. The van der Waals surface area contributed by atoms with E-state index in [9.17, 15) is 29.7 Å². The molecule has 3 aromatic rings. The van der Waals surface area contributed by atoms with Crippen LogP contribution in [0.1, 0.15) is 32.9 Å². The Morgan fingerprint density at radius 1 is 1.21 bits per heavy atom. The molecule has 0 aromatic carbocycles. The summed E-state index contributed by atoms with van der Waals surface area (Å²) in [4.78, 5) is 62.4. The lowest BCUT2D eigenvalue weighted by Crippen LogP contribution is -2.53. The van der Waals surface area contributed by atoms with Gasteiger partial charge in [0, 0.05) is 30.6 Å². The summed E-state index contributed by atoms with van der Waals surface area (Å²) in [6, 6.07) is -0.791. The lowest BCUT2D eigenvalue weighted by molar-refractivity contribution is -0.144. The van der Waals surface area contributed by atoms with Crippen molar-refractivity contribution in [1.82, 2.24) is 39.7 Å². The highest BCUT2D eigenvalue weighted by atomic mass is 32.2. The first-order valence-corrected chi connectivity index (χ1v) is 16.0. The molecule has 6 rings (SSSR count). The van der Waals surface area contributed by atoms with Crippen LogP contribution < -0.4 is 27.7 Å². The summed E-state index contributed by atoms with van der Waals surface area (Å²) < 4.78 is 7.54. The Morgan fingerprint density at radius 3 is 2.77 bits per heavy atom. The standard InChI is InChI=1S/C27H36N12O7S/c1-27(2)18(34-15-20(37-27)35-26(29)36-22(15)42)23(43)30-4-6-38-5-3-11(7-12(38)25(44)45)47-8-13-16(40)17(41)24(46-13)39-10-33-14-19(28)31-9-32-21(14)39/h9-13,16-17,24,40-41H,3-8H2,1-2H3,(H,30,43)(H,44,45)(H2,28,31,32)(H4,29,35,36,37,42)/t11-,12-,13-,16-,17-,24-/m1/s1. The summed E-state index contributed by atoms with van der Waals surface area (Å²) >= 11 is 1.48. The first-order valence-electron chi connectivity index (χ1n) is 14.9. The predicted molar refractivity (Wildman–Crippen MR) is 171 cm³/mol. The molecule has 2 saturated heterocycles. The number of piperidine rings is 1. The van der Waals surface area contributed by atoms with E-state index in [1.54, 1.807) is 18.7 Å². The summed E-state index contributed by atoms with van der Waals surface area (Å²) in [6.07, 6.45) is -0.375. The number of nitrogens with two attached hydrogens (primary N) is 2. The van der Waals surface area contributed by atoms with Crippen LogP contribution in [0.2, 0.25) is 0 Å². The van der Waals surface area contributed by atoms with Gasteiger partial charge in [0.1, 0.15) is 35.8 Å². The number of aliphatic carboxylic acids is 1. The maximum atomic E-state index is 13.1. The normalized spacial score (nSPS) is 27.2. The monoisotopic (exact) mass is 672 g/mol. The molecule has 6 atom stereocenters. The number of carbonyl (C=O) groups is 2. The Kier molecular flexibility index (Phi) is 8.78. The number of nitrogens with zero attached hydrogens (tertiary/aromatic N) is 7. The van der Waals surface area contributed by atoms with Crippen LogP contribution >= 0.6 is 11.8 Å². The molecule has 1 amide bonds. The fourth-order valence-corrected chi connectivity index (χ4v) is 7.38. The molecule has 47 heavy (non-hydrogen) atoms. The second-order valence-corrected chi connectivity index (χ2v) is 13.4. The molecular weight excluding hydrogens is 636 g/mol. The first-order chi connectivity index (χ1) is 22.3. The number of aliphatic hydroxyl groups is 2. The summed E-state index contributed by atoms with van der Waals surface area (Å²) in [7, 11) is 0. The number of rotatable bonds is 9. The molecule has 0 radical (unpaired) electrons. The summed E-state index contributed by atoms with van der Waals surface area (Å²) in [5.41, 5.74) is 10.7. The van der Waals surface area contributed by atoms with Gasteiger partial charge in [0.05, 0.1) is 18.0 Å². The van der Waals surface area contributed by atoms with E-state index in [-0.39, 0.29) is 47.3 Å². The molecule has 0 spiro atoms. The number of imidazole rings is 1. The number of nitrogens with one attached hydrogen (secondary N) is 3. The number of amides is 1. The van der Waals surface area contributed by atoms with Crippen molar-refractivity contribution in [3.05, 3.63) is 23.0 Å². The third-order valence-electron chi connectivity index (χ3n) is 8.50. The summed E-state index contributed by atoms with van der Waals surface area (Å²) in [6.45, 7) is 4.34. The van der Waals surface area contributed by atoms with Gasteiger partial charge >= 0.3 is 5.97 Å². The Labute approximate surface area is 271 Å². The van der Waals surface area contributed by atoms with Crippen molar-refractivity contribution in [2.75, 3.05) is 42.2 Å². The first kappa shape index (κ1) is 32.6. The van der Waals surface area contributed by atoms with Gasteiger partial charge in [-0.2, -0.15) is 16.7 Å². The van der Waals surface area contributed by atoms with E-state index in [1.807, 2.05) is 0 Å². The Balaban J connectivity index is 1.02. The number of anilines is 3. The average Bonchev–Trinajstić information content (AvgIpc) is 3.56. The minimum absolute atomic E-state index is 0.0418. The van der Waals surface area contributed by atoms with Gasteiger partial charge in [-0.15, -0.1) is 0 Å². The van der Waals surface area contributed by atoms with Crippen LogP contribution in [-0.2, 0) is 14.3 Å². The van der Waals surface area contributed by atoms with Gasteiger partial charge in [0.2, 0.25) is 5.95 Å². The molecule has 0 saturated carbocycles. The molecule has 0 unspecified atom stereocenters. The smallest absolute Gasteiger partial charge is 0.320 e. The summed E-state index contributed by atoms with van der Waals surface area (Å²) in [5.74, 6) is -0.873. The Morgan fingerprint density at radius 2 is 2.00 bits per heavy atom. The van der Waals surface area contributed by atoms with Gasteiger partial charge < -0.3 is 42.2 Å².